The first-order valence-corrected chi connectivity index (χ1v) is 9.30. The molecule has 0 saturated heterocycles. The van der Waals surface area contributed by atoms with Crippen LogP contribution in [-0.2, 0) is 24.2 Å². The van der Waals surface area contributed by atoms with Crippen molar-refractivity contribution in [2.45, 2.75) is 47.1 Å². The molecule has 2 N–H and O–H groups in total. The summed E-state index contributed by atoms with van der Waals surface area (Å²) in [6, 6.07) is 8.24. The number of rotatable bonds is 7. The van der Waals surface area contributed by atoms with Crippen LogP contribution in [0.25, 0.3) is 10.9 Å². The van der Waals surface area contributed by atoms with Gasteiger partial charge in [0.1, 0.15) is 0 Å². The highest BCUT2D eigenvalue weighted by atomic mass is 16.1. The van der Waals surface area contributed by atoms with E-state index in [1.807, 2.05) is 29.9 Å². The zero-order chi connectivity index (χ0) is 18.7. The van der Waals surface area contributed by atoms with E-state index in [9.17, 15) is 4.79 Å². The standard InChI is InChI=1S/C21H28N4O/c1-14(2)13-25-16(4)19(15(3)24-25)11-21(26)22-10-9-17-12-23-20-8-6-5-7-18(17)20/h5-8,12,14,23H,9-11,13H2,1-4H3,(H,22,26). The van der Waals surface area contributed by atoms with Crippen LogP contribution in [0.1, 0.15) is 36.4 Å². The Morgan fingerprint density at radius 1 is 1.27 bits per heavy atom. The van der Waals surface area contributed by atoms with Gasteiger partial charge < -0.3 is 10.3 Å². The molecule has 0 aliphatic heterocycles. The Bertz CT molecular complexity index is 904. The second-order valence-electron chi connectivity index (χ2n) is 7.36. The van der Waals surface area contributed by atoms with Gasteiger partial charge in [-0.1, -0.05) is 32.0 Å². The zero-order valence-corrected chi connectivity index (χ0v) is 16.1. The molecular formula is C21H28N4O. The normalized spacial score (nSPS) is 11.4. The number of benzene rings is 1. The molecule has 0 aliphatic carbocycles. The zero-order valence-electron chi connectivity index (χ0n) is 16.1. The molecule has 5 nitrogen and oxygen atoms in total. The quantitative estimate of drug-likeness (QED) is 0.683. The summed E-state index contributed by atoms with van der Waals surface area (Å²) in [5.74, 6) is 0.589. The van der Waals surface area contributed by atoms with Crippen LogP contribution in [0, 0.1) is 19.8 Å². The third kappa shape index (κ3) is 3.98. The minimum absolute atomic E-state index is 0.0557. The van der Waals surface area contributed by atoms with Gasteiger partial charge in [0.25, 0.3) is 0 Å². The highest BCUT2D eigenvalue weighted by Gasteiger charge is 2.15. The van der Waals surface area contributed by atoms with Crippen molar-refractivity contribution in [3.63, 3.8) is 0 Å². The summed E-state index contributed by atoms with van der Waals surface area (Å²) < 4.78 is 2.02. The molecule has 0 unspecified atom stereocenters. The summed E-state index contributed by atoms with van der Waals surface area (Å²) in [7, 11) is 0. The fourth-order valence-corrected chi connectivity index (χ4v) is 3.41. The van der Waals surface area contributed by atoms with Gasteiger partial charge in [0, 0.05) is 41.4 Å². The minimum Gasteiger partial charge on any atom is -0.361 e. The summed E-state index contributed by atoms with van der Waals surface area (Å²) in [5, 5.41) is 8.87. The summed E-state index contributed by atoms with van der Waals surface area (Å²) >= 11 is 0. The molecule has 2 aromatic heterocycles. The maximum Gasteiger partial charge on any atom is 0.224 e. The van der Waals surface area contributed by atoms with Gasteiger partial charge in [-0.05, 0) is 37.8 Å². The average molecular weight is 352 g/mol. The number of nitrogens with zero attached hydrogens (tertiary/aromatic N) is 2. The second-order valence-corrected chi connectivity index (χ2v) is 7.36. The Labute approximate surface area is 154 Å². The summed E-state index contributed by atoms with van der Waals surface area (Å²) in [4.78, 5) is 15.7. The van der Waals surface area contributed by atoms with E-state index in [1.54, 1.807) is 0 Å². The largest absolute Gasteiger partial charge is 0.361 e. The van der Waals surface area contributed by atoms with Gasteiger partial charge in [-0.15, -0.1) is 0 Å². The lowest BCUT2D eigenvalue weighted by Crippen LogP contribution is -2.27. The highest BCUT2D eigenvalue weighted by molar-refractivity contribution is 5.83. The molecule has 1 aromatic carbocycles. The second kappa shape index (κ2) is 7.77. The monoisotopic (exact) mass is 352 g/mol. The third-order valence-electron chi connectivity index (χ3n) is 4.80. The molecule has 0 aliphatic rings. The van der Waals surface area contributed by atoms with Crippen molar-refractivity contribution in [1.29, 1.82) is 0 Å². The van der Waals surface area contributed by atoms with Gasteiger partial charge in [0.2, 0.25) is 5.91 Å². The Morgan fingerprint density at radius 2 is 2.04 bits per heavy atom. The van der Waals surface area contributed by atoms with Crippen molar-refractivity contribution >= 4 is 16.8 Å². The van der Waals surface area contributed by atoms with E-state index in [-0.39, 0.29) is 5.91 Å². The first-order chi connectivity index (χ1) is 12.5. The fourth-order valence-electron chi connectivity index (χ4n) is 3.41. The molecule has 0 fully saturated rings. The van der Waals surface area contributed by atoms with Crippen molar-refractivity contribution < 1.29 is 4.79 Å². The van der Waals surface area contributed by atoms with Crippen LogP contribution in [0.5, 0.6) is 0 Å². The van der Waals surface area contributed by atoms with E-state index in [0.29, 0.717) is 18.9 Å². The smallest absolute Gasteiger partial charge is 0.224 e. The predicted molar refractivity (Wildman–Crippen MR) is 105 cm³/mol. The first kappa shape index (κ1) is 18.2. The van der Waals surface area contributed by atoms with E-state index >= 15 is 0 Å². The van der Waals surface area contributed by atoms with Crippen molar-refractivity contribution in [3.05, 3.63) is 53.0 Å². The van der Waals surface area contributed by atoms with E-state index in [4.69, 9.17) is 0 Å². The molecule has 3 aromatic rings. The van der Waals surface area contributed by atoms with Gasteiger partial charge >= 0.3 is 0 Å². The molecule has 0 bridgehead atoms. The lowest BCUT2D eigenvalue weighted by Gasteiger charge is -2.08. The number of carbonyl (C=O) groups is 1. The molecule has 138 valence electrons. The van der Waals surface area contributed by atoms with Gasteiger partial charge in [-0.3, -0.25) is 9.48 Å². The van der Waals surface area contributed by atoms with Crippen molar-refractivity contribution in [3.8, 4) is 0 Å². The van der Waals surface area contributed by atoms with Crippen LogP contribution in [0.2, 0.25) is 0 Å². The molecule has 2 heterocycles. The number of hydrogen-bond donors (Lipinski definition) is 2. The molecule has 1 amide bonds. The summed E-state index contributed by atoms with van der Waals surface area (Å²) in [6.07, 6.45) is 3.24. The number of H-pyrrole nitrogens is 1. The molecule has 26 heavy (non-hydrogen) atoms. The number of carbonyl (C=O) groups excluding carboxylic acids is 1. The minimum atomic E-state index is 0.0557. The van der Waals surface area contributed by atoms with Crippen molar-refractivity contribution in [1.82, 2.24) is 20.1 Å². The number of aromatic amines is 1. The van der Waals surface area contributed by atoms with Crippen molar-refractivity contribution in [2.75, 3.05) is 6.54 Å². The molecule has 3 rings (SSSR count). The average Bonchev–Trinajstić information content (AvgIpc) is 3.11. The van der Waals surface area contributed by atoms with E-state index in [2.05, 4.69) is 48.3 Å². The number of nitrogens with one attached hydrogen (secondary N) is 2. The van der Waals surface area contributed by atoms with Crippen LogP contribution < -0.4 is 5.32 Å². The van der Waals surface area contributed by atoms with Crippen LogP contribution in [-0.4, -0.2) is 27.2 Å². The Morgan fingerprint density at radius 3 is 2.81 bits per heavy atom. The topological polar surface area (TPSA) is 62.7 Å². The van der Waals surface area contributed by atoms with Crippen LogP contribution >= 0.6 is 0 Å². The molecular weight excluding hydrogens is 324 g/mol. The molecule has 0 radical (unpaired) electrons. The number of aromatic nitrogens is 3. The third-order valence-corrected chi connectivity index (χ3v) is 4.80. The predicted octanol–water partition coefficient (Wildman–Crippen LogP) is 3.54. The van der Waals surface area contributed by atoms with E-state index in [0.717, 1.165) is 35.4 Å². The number of fused-ring (bicyclic) bond motifs is 1. The Hall–Kier alpha value is -2.56. The van der Waals surface area contributed by atoms with Gasteiger partial charge in [0.05, 0.1) is 12.1 Å². The number of hydrogen-bond acceptors (Lipinski definition) is 2. The maximum atomic E-state index is 12.4. The molecule has 0 atom stereocenters. The Kier molecular flexibility index (Phi) is 5.45. The molecule has 0 spiro atoms. The van der Waals surface area contributed by atoms with E-state index < -0.39 is 0 Å². The van der Waals surface area contributed by atoms with Crippen LogP contribution in [0.15, 0.2) is 30.5 Å². The maximum absolute atomic E-state index is 12.4. The summed E-state index contributed by atoms with van der Waals surface area (Å²) in [5.41, 5.74) is 5.48. The van der Waals surface area contributed by atoms with Crippen molar-refractivity contribution in [2.24, 2.45) is 5.92 Å². The molecule has 0 saturated carbocycles. The molecule has 5 heteroatoms. The van der Waals surface area contributed by atoms with Crippen LogP contribution in [0.3, 0.4) is 0 Å². The number of para-hydroxylation sites is 1. The number of aryl methyl sites for hydroxylation is 1. The van der Waals surface area contributed by atoms with Gasteiger partial charge in [-0.2, -0.15) is 5.10 Å². The Balaban J connectivity index is 1.57. The number of amides is 1. The first-order valence-electron chi connectivity index (χ1n) is 9.30. The van der Waals surface area contributed by atoms with Gasteiger partial charge in [0.15, 0.2) is 0 Å². The highest BCUT2D eigenvalue weighted by Crippen LogP contribution is 2.18. The fraction of sp³-hybridized carbons (Fsp3) is 0.429. The summed E-state index contributed by atoms with van der Waals surface area (Å²) in [6.45, 7) is 9.91. The SMILES string of the molecule is Cc1nn(CC(C)C)c(C)c1CC(=O)NCCc1c[nH]c2ccccc12. The van der Waals surface area contributed by atoms with Crippen LogP contribution in [0.4, 0.5) is 0 Å². The lowest BCUT2D eigenvalue weighted by molar-refractivity contribution is -0.120. The lowest BCUT2D eigenvalue weighted by atomic mass is 10.1. The van der Waals surface area contributed by atoms with Gasteiger partial charge in [-0.25, -0.2) is 0 Å². The van der Waals surface area contributed by atoms with E-state index in [1.165, 1.54) is 10.9 Å².